The van der Waals surface area contributed by atoms with Crippen molar-refractivity contribution in [1.82, 2.24) is 10.2 Å². The minimum Gasteiger partial charge on any atom is -0.354 e. The molecule has 2 aromatic carbocycles. The van der Waals surface area contributed by atoms with E-state index in [0.29, 0.717) is 33.6 Å². The van der Waals surface area contributed by atoms with Crippen LogP contribution in [0.3, 0.4) is 0 Å². The first-order chi connectivity index (χ1) is 16.5. The van der Waals surface area contributed by atoms with Gasteiger partial charge in [-0.05, 0) is 48.7 Å². The van der Waals surface area contributed by atoms with Crippen LogP contribution in [-0.4, -0.2) is 50.5 Å². The van der Waals surface area contributed by atoms with Crippen LogP contribution in [0, 0.1) is 0 Å². The fourth-order valence-electron chi connectivity index (χ4n) is 3.50. The van der Waals surface area contributed by atoms with E-state index in [1.807, 2.05) is 6.92 Å². The van der Waals surface area contributed by atoms with Crippen molar-refractivity contribution >= 4 is 62.3 Å². The van der Waals surface area contributed by atoms with E-state index in [2.05, 4.69) is 5.32 Å². The highest BCUT2D eigenvalue weighted by atomic mass is 35.5. The molecule has 0 aliphatic rings. The van der Waals surface area contributed by atoms with Crippen molar-refractivity contribution in [3.05, 3.63) is 63.1 Å². The molecule has 0 heterocycles. The third-order valence-corrected chi connectivity index (χ3v) is 7.31. The summed E-state index contributed by atoms with van der Waals surface area (Å²) >= 11 is 18.4. The summed E-state index contributed by atoms with van der Waals surface area (Å²) in [6.45, 7) is 3.77. The number of nitrogens with one attached hydrogen (secondary N) is 1. The molecule has 0 aliphatic carbocycles. The summed E-state index contributed by atoms with van der Waals surface area (Å²) in [5, 5.41) is 3.97. The Hall–Kier alpha value is -2.00. The second-order valence-corrected chi connectivity index (χ2v) is 11.3. The average molecular weight is 563 g/mol. The molecule has 1 atom stereocenters. The number of carbonyl (C=O) groups excluding carboxylic acids is 2. The summed E-state index contributed by atoms with van der Waals surface area (Å²) in [6.07, 6.45) is 3.04. The smallest absolute Gasteiger partial charge is 0.244 e. The minimum atomic E-state index is -3.84. The monoisotopic (exact) mass is 561 g/mol. The number of rotatable bonds is 12. The first-order valence-electron chi connectivity index (χ1n) is 11.2. The normalized spacial score (nSPS) is 12.2. The number of amides is 2. The SMILES string of the molecule is CCCCNC(=O)C(CC)N(Cc1ccc(Cl)cc1Cl)C(=O)CN(c1cccc(Cl)c1)S(C)(=O)=O. The Morgan fingerprint density at radius 2 is 1.71 bits per heavy atom. The average Bonchev–Trinajstić information content (AvgIpc) is 2.78. The Morgan fingerprint density at radius 1 is 1.03 bits per heavy atom. The Labute approximate surface area is 222 Å². The number of hydrogen-bond acceptors (Lipinski definition) is 4. The van der Waals surface area contributed by atoms with Gasteiger partial charge in [-0.15, -0.1) is 0 Å². The van der Waals surface area contributed by atoms with E-state index in [4.69, 9.17) is 34.8 Å². The van der Waals surface area contributed by atoms with Crippen molar-refractivity contribution in [3.63, 3.8) is 0 Å². The van der Waals surface area contributed by atoms with Crippen LogP contribution in [0.1, 0.15) is 38.7 Å². The van der Waals surface area contributed by atoms with E-state index in [1.165, 1.54) is 11.0 Å². The molecule has 0 aromatic heterocycles. The Bertz CT molecular complexity index is 1140. The summed E-state index contributed by atoms with van der Waals surface area (Å²) in [6, 6.07) is 10.3. The fourth-order valence-corrected chi connectivity index (χ4v) is 5.00. The summed E-state index contributed by atoms with van der Waals surface area (Å²) in [7, 11) is -3.84. The van der Waals surface area contributed by atoms with Gasteiger partial charge in [-0.2, -0.15) is 0 Å². The van der Waals surface area contributed by atoms with Crippen LogP contribution in [0.15, 0.2) is 42.5 Å². The van der Waals surface area contributed by atoms with Crippen LogP contribution >= 0.6 is 34.8 Å². The molecule has 2 rings (SSSR count). The number of hydrogen-bond donors (Lipinski definition) is 1. The van der Waals surface area contributed by atoms with Crippen molar-refractivity contribution in [2.24, 2.45) is 0 Å². The summed E-state index contributed by atoms with van der Waals surface area (Å²) in [4.78, 5) is 28.0. The second kappa shape index (κ2) is 13.3. The van der Waals surface area contributed by atoms with E-state index in [9.17, 15) is 18.0 Å². The lowest BCUT2D eigenvalue weighted by Crippen LogP contribution is -2.52. The molecule has 1 N–H and O–H groups in total. The van der Waals surface area contributed by atoms with Gasteiger partial charge in [0.1, 0.15) is 12.6 Å². The highest BCUT2D eigenvalue weighted by Crippen LogP contribution is 2.25. The molecule has 192 valence electrons. The van der Waals surface area contributed by atoms with Crippen molar-refractivity contribution in [2.75, 3.05) is 23.7 Å². The van der Waals surface area contributed by atoms with E-state index < -0.39 is 28.5 Å². The summed E-state index contributed by atoms with van der Waals surface area (Å²) in [5.41, 5.74) is 0.830. The molecule has 35 heavy (non-hydrogen) atoms. The van der Waals surface area contributed by atoms with E-state index >= 15 is 0 Å². The Kier molecular flexibility index (Phi) is 11.1. The quantitative estimate of drug-likeness (QED) is 0.363. The first-order valence-corrected chi connectivity index (χ1v) is 14.2. The third kappa shape index (κ3) is 8.56. The van der Waals surface area contributed by atoms with Crippen LogP contribution in [-0.2, 0) is 26.2 Å². The molecule has 2 aromatic rings. The van der Waals surface area contributed by atoms with Gasteiger partial charge >= 0.3 is 0 Å². The molecule has 0 spiro atoms. The van der Waals surface area contributed by atoms with Gasteiger partial charge < -0.3 is 10.2 Å². The largest absolute Gasteiger partial charge is 0.354 e. The van der Waals surface area contributed by atoms with Crippen LogP contribution in [0.5, 0.6) is 0 Å². The zero-order valence-electron chi connectivity index (χ0n) is 19.9. The number of sulfonamides is 1. The number of nitrogens with zero attached hydrogens (tertiary/aromatic N) is 2. The van der Waals surface area contributed by atoms with Gasteiger partial charge in [0, 0.05) is 28.2 Å². The van der Waals surface area contributed by atoms with Crippen LogP contribution in [0.4, 0.5) is 5.69 Å². The second-order valence-electron chi connectivity index (χ2n) is 8.08. The number of carbonyl (C=O) groups is 2. The van der Waals surface area contributed by atoms with E-state index in [-0.39, 0.29) is 18.1 Å². The molecule has 0 radical (unpaired) electrons. The molecule has 7 nitrogen and oxygen atoms in total. The predicted molar refractivity (Wildman–Crippen MR) is 143 cm³/mol. The molecule has 0 aliphatic heterocycles. The molecule has 2 amide bonds. The van der Waals surface area contributed by atoms with Crippen molar-refractivity contribution in [3.8, 4) is 0 Å². The molecule has 11 heteroatoms. The van der Waals surface area contributed by atoms with Gasteiger partial charge in [0.15, 0.2) is 0 Å². The minimum absolute atomic E-state index is 0.00167. The maximum absolute atomic E-state index is 13.6. The molecule has 0 saturated carbocycles. The predicted octanol–water partition coefficient (Wildman–Crippen LogP) is 5.14. The number of anilines is 1. The molecule has 0 fully saturated rings. The van der Waals surface area contributed by atoms with Gasteiger partial charge in [0.05, 0.1) is 11.9 Å². The van der Waals surface area contributed by atoms with Crippen LogP contribution in [0.25, 0.3) is 0 Å². The van der Waals surface area contributed by atoms with E-state index in [0.717, 1.165) is 23.4 Å². The molecule has 0 saturated heterocycles. The molecule has 0 bridgehead atoms. The van der Waals surface area contributed by atoms with Gasteiger partial charge in [-0.25, -0.2) is 8.42 Å². The lowest BCUT2D eigenvalue weighted by Gasteiger charge is -2.33. The molecule has 1 unspecified atom stereocenters. The van der Waals surface area contributed by atoms with Crippen molar-refractivity contribution in [1.29, 1.82) is 0 Å². The number of halogens is 3. The lowest BCUT2D eigenvalue weighted by atomic mass is 10.1. The lowest BCUT2D eigenvalue weighted by molar-refractivity contribution is -0.140. The van der Waals surface area contributed by atoms with E-state index in [1.54, 1.807) is 43.3 Å². The fraction of sp³-hybridized carbons (Fsp3) is 0.417. The van der Waals surface area contributed by atoms with Gasteiger partial charge in [-0.1, -0.05) is 67.2 Å². The summed E-state index contributed by atoms with van der Waals surface area (Å²) < 4.78 is 26.2. The third-order valence-electron chi connectivity index (χ3n) is 5.35. The van der Waals surface area contributed by atoms with Crippen molar-refractivity contribution < 1.29 is 18.0 Å². The zero-order valence-corrected chi connectivity index (χ0v) is 23.0. The Morgan fingerprint density at radius 3 is 2.29 bits per heavy atom. The topological polar surface area (TPSA) is 86.8 Å². The summed E-state index contributed by atoms with van der Waals surface area (Å²) in [5.74, 6) is -0.869. The van der Waals surface area contributed by atoms with Crippen LogP contribution < -0.4 is 9.62 Å². The maximum Gasteiger partial charge on any atom is 0.244 e. The highest BCUT2D eigenvalue weighted by Gasteiger charge is 2.32. The zero-order chi connectivity index (χ0) is 26.2. The van der Waals surface area contributed by atoms with Gasteiger partial charge in [0.2, 0.25) is 21.8 Å². The number of benzene rings is 2. The highest BCUT2D eigenvalue weighted by molar-refractivity contribution is 7.92. The molecular weight excluding hydrogens is 533 g/mol. The van der Waals surface area contributed by atoms with Crippen molar-refractivity contribution in [2.45, 2.75) is 45.7 Å². The standard InChI is InChI=1S/C24H30Cl3N3O4S/c1-4-6-12-28-24(32)22(5-2)29(15-17-10-11-19(26)14-21(17)27)23(31)16-30(35(3,33)34)20-9-7-8-18(25)13-20/h7-11,13-14,22H,4-6,12,15-16H2,1-3H3,(H,28,32). The van der Waals surface area contributed by atoms with Gasteiger partial charge in [0.25, 0.3) is 0 Å². The first kappa shape index (κ1) is 29.2. The van der Waals surface area contributed by atoms with Gasteiger partial charge in [-0.3, -0.25) is 13.9 Å². The molecular formula is C24H30Cl3N3O4S. The Balaban J connectivity index is 2.44. The number of unbranched alkanes of at least 4 members (excludes halogenated alkanes) is 1. The maximum atomic E-state index is 13.6. The van der Waals surface area contributed by atoms with Crippen LogP contribution in [0.2, 0.25) is 15.1 Å².